The molecule has 2 aromatic rings. The highest BCUT2D eigenvalue weighted by atomic mass is 35.5. The largest absolute Gasteiger partial charge is 0.443 e. The van der Waals surface area contributed by atoms with E-state index in [9.17, 15) is 5.26 Å². The summed E-state index contributed by atoms with van der Waals surface area (Å²) in [6.45, 7) is 10.1. The number of nitrogens with zero attached hydrogens (tertiary/aromatic N) is 4. The summed E-state index contributed by atoms with van der Waals surface area (Å²) in [5.74, 6) is 0.763. The molecule has 0 aliphatic heterocycles. The van der Waals surface area contributed by atoms with Crippen molar-refractivity contribution < 1.29 is 4.74 Å². The highest BCUT2D eigenvalue weighted by Gasteiger charge is 2.19. The lowest BCUT2D eigenvalue weighted by Crippen LogP contribution is -2.24. The van der Waals surface area contributed by atoms with Crippen molar-refractivity contribution >= 4 is 35.2 Å². The van der Waals surface area contributed by atoms with Gasteiger partial charge in [-0.1, -0.05) is 25.4 Å². The number of benzene rings is 1. The second-order valence-corrected chi connectivity index (χ2v) is 7.81. The van der Waals surface area contributed by atoms with Crippen LogP contribution in [0, 0.1) is 18.3 Å². The van der Waals surface area contributed by atoms with Gasteiger partial charge in [-0.25, -0.2) is 4.99 Å². The van der Waals surface area contributed by atoms with E-state index in [0.717, 1.165) is 11.3 Å². The summed E-state index contributed by atoms with van der Waals surface area (Å²) in [7, 11) is 1.96. The molecule has 0 fully saturated rings. The van der Waals surface area contributed by atoms with Gasteiger partial charge in [0.25, 0.3) is 0 Å². The third kappa shape index (κ3) is 4.54. The molecule has 0 unspecified atom stereocenters. The Morgan fingerprint density at radius 3 is 2.62 bits per heavy atom. The molecular formula is C19H23ClN4OS. The molecule has 26 heavy (non-hydrogen) atoms. The van der Waals surface area contributed by atoms with E-state index in [0.29, 0.717) is 33.1 Å². The summed E-state index contributed by atoms with van der Waals surface area (Å²) in [6, 6.07) is 6.15. The molecule has 0 spiro atoms. The van der Waals surface area contributed by atoms with Crippen LogP contribution in [0.3, 0.4) is 0 Å². The van der Waals surface area contributed by atoms with E-state index in [1.807, 2.05) is 38.8 Å². The monoisotopic (exact) mass is 390 g/mol. The van der Waals surface area contributed by atoms with Crippen molar-refractivity contribution in [3.05, 3.63) is 34.0 Å². The zero-order valence-corrected chi connectivity index (χ0v) is 17.4. The van der Waals surface area contributed by atoms with Crippen LogP contribution < -0.4 is 4.74 Å². The van der Waals surface area contributed by atoms with Crippen LogP contribution in [-0.4, -0.2) is 28.7 Å². The van der Waals surface area contributed by atoms with Gasteiger partial charge in [0.15, 0.2) is 0 Å². The Balaban J connectivity index is 2.30. The van der Waals surface area contributed by atoms with Crippen LogP contribution in [0.15, 0.2) is 17.1 Å². The number of rotatable bonds is 6. The van der Waals surface area contributed by atoms with E-state index in [-0.39, 0.29) is 5.92 Å². The van der Waals surface area contributed by atoms with Crippen LogP contribution in [0.4, 0.5) is 5.69 Å². The molecule has 1 aromatic carbocycles. The number of nitriles is 1. The molecule has 7 heteroatoms. The van der Waals surface area contributed by atoms with E-state index in [1.54, 1.807) is 12.4 Å². The summed E-state index contributed by atoms with van der Waals surface area (Å²) in [6.07, 6.45) is 1.76. The normalized spacial score (nSPS) is 11.4. The first kappa shape index (κ1) is 20.2. The predicted molar refractivity (Wildman–Crippen MR) is 108 cm³/mol. The fourth-order valence-corrected chi connectivity index (χ4v) is 3.15. The third-order valence-electron chi connectivity index (χ3n) is 3.99. The molecule has 0 atom stereocenters. The van der Waals surface area contributed by atoms with Gasteiger partial charge in [-0.15, -0.1) is 0 Å². The molecule has 0 aliphatic carbocycles. The molecule has 0 amide bonds. The van der Waals surface area contributed by atoms with E-state index in [4.69, 9.17) is 16.3 Å². The fourth-order valence-electron chi connectivity index (χ4n) is 2.10. The minimum atomic E-state index is 0.164. The summed E-state index contributed by atoms with van der Waals surface area (Å²) >= 11 is 7.56. The molecule has 0 saturated heterocycles. The Bertz CT molecular complexity index is 852. The lowest BCUT2D eigenvalue weighted by atomic mass is 10.1. The third-order valence-corrected chi connectivity index (χ3v) is 5.03. The quantitative estimate of drug-likeness (QED) is 0.455. The molecule has 138 valence electrons. The van der Waals surface area contributed by atoms with Crippen molar-refractivity contribution in [2.24, 2.45) is 4.99 Å². The fraction of sp³-hybridized carbons (Fsp3) is 0.421. The minimum absolute atomic E-state index is 0.164. The molecule has 0 bridgehead atoms. The van der Waals surface area contributed by atoms with Gasteiger partial charge in [-0.05, 0) is 38.3 Å². The first-order valence-electron chi connectivity index (χ1n) is 8.38. The smallest absolute Gasteiger partial charge is 0.218 e. The average Bonchev–Trinajstić information content (AvgIpc) is 2.99. The molecule has 5 nitrogen and oxygen atoms in total. The highest BCUT2D eigenvalue weighted by molar-refractivity contribution is 7.08. The molecular weight excluding hydrogens is 368 g/mol. The van der Waals surface area contributed by atoms with Crippen LogP contribution in [0.25, 0.3) is 0 Å². The standard InChI is InChI=1S/C19H23ClN4OS/c1-11(2)18-14(9-21)19(26-23-18)25-17-8-15(20)16(7-13(17)5)22-10-24(6)12(3)4/h7-8,10-12H,1-6H3/b22-10-. The van der Waals surface area contributed by atoms with Gasteiger partial charge in [0, 0.05) is 30.7 Å². The zero-order valence-electron chi connectivity index (χ0n) is 15.9. The van der Waals surface area contributed by atoms with Gasteiger partial charge < -0.3 is 9.64 Å². The second-order valence-electron chi connectivity index (χ2n) is 6.67. The highest BCUT2D eigenvalue weighted by Crippen LogP contribution is 2.38. The first-order valence-corrected chi connectivity index (χ1v) is 9.53. The van der Waals surface area contributed by atoms with Crippen molar-refractivity contribution in [2.75, 3.05) is 7.05 Å². The Morgan fingerprint density at radius 2 is 2.04 bits per heavy atom. The topological polar surface area (TPSA) is 61.5 Å². The summed E-state index contributed by atoms with van der Waals surface area (Å²) in [4.78, 5) is 6.45. The van der Waals surface area contributed by atoms with Crippen molar-refractivity contribution in [1.82, 2.24) is 9.27 Å². The van der Waals surface area contributed by atoms with Gasteiger partial charge in [-0.3, -0.25) is 0 Å². The number of hydrogen-bond acceptors (Lipinski definition) is 5. The molecule has 2 rings (SSSR count). The van der Waals surface area contributed by atoms with Crippen molar-refractivity contribution in [2.45, 2.75) is 46.6 Å². The number of aromatic nitrogens is 1. The van der Waals surface area contributed by atoms with E-state index in [2.05, 4.69) is 29.3 Å². The summed E-state index contributed by atoms with van der Waals surface area (Å²) in [5.41, 5.74) is 2.81. The minimum Gasteiger partial charge on any atom is -0.443 e. The Hall–Kier alpha value is -2.10. The van der Waals surface area contributed by atoms with E-state index < -0.39 is 0 Å². The second kappa shape index (κ2) is 8.52. The lowest BCUT2D eigenvalue weighted by Gasteiger charge is -2.17. The molecule has 0 radical (unpaired) electrons. The number of hydrogen-bond donors (Lipinski definition) is 0. The summed E-state index contributed by atoms with van der Waals surface area (Å²) in [5, 5.41) is 10.4. The van der Waals surface area contributed by atoms with Gasteiger partial charge >= 0.3 is 0 Å². The molecule has 0 aliphatic rings. The Labute approximate surface area is 164 Å². The van der Waals surface area contributed by atoms with Crippen LogP contribution in [0.2, 0.25) is 5.02 Å². The van der Waals surface area contributed by atoms with Gasteiger partial charge in [0.05, 0.1) is 22.7 Å². The number of halogens is 1. The maximum atomic E-state index is 9.44. The van der Waals surface area contributed by atoms with Gasteiger partial charge in [0.2, 0.25) is 5.06 Å². The Kier molecular flexibility index (Phi) is 6.63. The summed E-state index contributed by atoms with van der Waals surface area (Å²) < 4.78 is 10.3. The van der Waals surface area contributed by atoms with Crippen molar-refractivity contribution in [3.8, 4) is 16.9 Å². The predicted octanol–water partition coefficient (Wildman–Crippen LogP) is 5.89. The van der Waals surface area contributed by atoms with E-state index in [1.165, 1.54) is 11.5 Å². The molecule has 1 aromatic heterocycles. The van der Waals surface area contributed by atoms with Crippen LogP contribution in [0.1, 0.15) is 50.4 Å². The average molecular weight is 391 g/mol. The zero-order chi connectivity index (χ0) is 19.4. The maximum absolute atomic E-state index is 9.44. The number of aliphatic imine (C=N–C) groups is 1. The van der Waals surface area contributed by atoms with Crippen molar-refractivity contribution in [3.63, 3.8) is 0 Å². The van der Waals surface area contributed by atoms with Crippen LogP contribution in [0.5, 0.6) is 10.8 Å². The molecule has 0 N–H and O–H groups in total. The lowest BCUT2D eigenvalue weighted by molar-refractivity contribution is 0.429. The van der Waals surface area contributed by atoms with Crippen molar-refractivity contribution in [1.29, 1.82) is 5.26 Å². The maximum Gasteiger partial charge on any atom is 0.218 e. The first-order chi connectivity index (χ1) is 12.2. The van der Waals surface area contributed by atoms with Gasteiger partial charge in [0.1, 0.15) is 17.4 Å². The molecule has 0 saturated carbocycles. The van der Waals surface area contributed by atoms with Gasteiger partial charge in [-0.2, -0.15) is 9.64 Å². The SMILES string of the molecule is Cc1cc(/N=C\N(C)C(C)C)c(Cl)cc1Oc1snc(C(C)C)c1C#N. The molecule has 1 heterocycles. The van der Waals surface area contributed by atoms with Crippen LogP contribution in [-0.2, 0) is 0 Å². The van der Waals surface area contributed by atoms with E-state index >= 15 is 0 Å². The Morgan fingerprint density at radius 1 is 1.35 bits per heavy atom. The number of ether oxygens (including phenoxy) is 1. The van der Waals surface area contributed by atoms with Crippen LogP contribution >= 0.6 is 23.1 Å². The number of aryl methyl sites for hydroxylation is 1.